The summed E-state index contributed by atoms with van der Waals surface area (Å²) in [4.78, 5) is 31.8. The average Bonchev–Trinajstić information content (AvgIpc) is 3.35. The van der Waals surface area contributed by atoms with Gasteiger partial charge >= 0.3 is 6.09 Å². The topological polar surface area (TPSA) is 80.8 Å². The van der Waals surface area contributed by atoms with Gasteiger partial charge in [-0.1, -0.05) is 42.5 Å². The summed E-state index contributed by atoms with van der Waals surface area (Å²) in [6.45, 7) is 7.36. The molecule has 0 spiro atoms. The zero-order chi connectivity index (χ0) is 25.5. The first kappa shape index (κ1) is 25.7. The van der Waals surface area contributed by atoms with Gasteiger partial charge in [0.15, 0.2) is 0 Å². The van der Waals surface area contributed by atoms with Crippen LogP contribution in [0.25, 0.3) is 10.6 Å². The van der Waals surface area contributed by atoms with Crippen LogP contribution >= 0.6 is 11.3 Å². The molecule has 1 aliphatic rings. The molecule has 4 rings (SSSR count). The van der Waals surface area contributed by atoms with E-state index in [1.54, 1.807) is 11.1 Å². The fourth-order valence-electron chi connectivity index (χ4n) is 3.96. The molecule has 0 atom stereocenters. The molecule has 0 aliphatic carbocycles. The molecule has 1 aliphatic heterocycles. The maximum Gasteiger partial charge on any atom is 0.410 e. The van der Waals surface area contributed by atoms with E-state index in [4.69, 9.17) is 9.47 Å². The number of hydrogen-bond donors (Lipinski definition) is 1. The molecular weight excluding hydrogens is 474 g/mol. The molecule has 36 heavy (non-hydrogen) atoms. The van der Waals surface area contributed by atoms with Crippen molar-refractivity contribution in [2.45, 2.75) is 51.7 Å². The number of carbonyl (C=O) groups excluding carboxylic acids is 2. The van der Waals surface area contributed by atoms with Crippen molar-refractivity contribution in [1.82, 2.24) is 15.2 Å². The van der Waals surface area contributed by atoms with Gasteiger partial charge in [0, 0.05) is 32.5 Å². The Morgan fingerprint density at radius 1 is 1.06 bits per heavy atom. The second-order valence-electron chi connectivity index (χ2n) is 9.80. The molecule has 2 heterocycles. The zero-order valence-corrected chi connectivity index (χ0v) is 21.8. The lowest BCUT2D eigenvalue weighted by Crippen LogP contribution is -2.44. The number of ether oxygens (including phenoxy) is 2. The standard InChI is InChI=1S/C28H33N3O4S/c1-28(2,3)35-27(33)31-17-14-21(15-18-31)34-23-12-8-7-11-22(23)26-30-19-24(36-26)25(32)29-16-13-20-9-5-4-6-10-20/h4-12,19,21H,13-18H2,1-3H3,(H,29,32). The second kappa shape index (κ2) is 11.6. The highest BCUT2D eigenvalue weighted by molar-refractivity contribution is 7.16. The Balaban J connectivity index is 1.33. The first-order valence-corrected chi connectivity index (χ1v) is 13.1. The Labute approximate surface area is 216 Å². The maximum atomic E-state index is 12.6. The Bertz CT molecular complexity index is 1160. The van der Waals surface area contributed by atoms with Crippen molar-refractivity contribution in [2.24, 2.45) is 0 Å². The highest BCUT2D eigenvalue weighted by atomic mass is 32.1. The smallest absolute Gasteiger partial charge is 0.410 e. The van der Waals surface area contributed by atoms with Gasteiger partial charge in [-0.3, -0.25) is 4.79 Å². The Kier molecular flexibility index (Phi) is 8.25. The predicted octanol–water partition coefficient (Wildman–Crippen LogP) is 5.56. The number of carbonyl (C=O) groups is 2. The van der Waals surface area contributed by atoms with E-state index >= 15 is 0 Å². The highest BCUT2D eigenvalue weighted by Gasteiger charge is 2.28. The Hall–Kier alpha value is -3.39. The van der Waals surface area contributed by atoms with Gasteiger partial charge in [-0.05, 0) is 44.9 Å². The molecule has 3 aromatic rings. The predicted molar refractivity (Wildman–Crippen MR) is 141 cm³/mol. The number of piperidine rings is 1. The van der Waals surface area contributed by atoms with E-state index < -0.39 is 5.60 Å². The van der Waals surface area contributed by atoms with Crippen LogP contribution in [0.2, 0.25) is 0 Å². The number of hydrogen-bond acceptors (Lipinski definition) is 6. The van der Waals surface area contributed by atoms with Gasteiger partial charge in [0.25, 0.3) is 5.91 Å². The van der Waals surface area contributed by atoms with Gasteiger partial charge < -0.3 is 19.7 Å². The molecule has 0 saturated carbocycles. The van der Waals surface area contributed by atoms with Crippen LogP contribution in [-0.4, -0.2) is 53.2 Å². The fourth-order valence-corrected chi connectivity index (χ4v) is 4.83. The van der Waals surface area contributed by atoms with Crippen molar-refractivity contribution in [3.05, 3.63) is 71.2 Å². The number of rotatable bonds is 7. The Morgan fingerprint density at radius 3 is 2.47 bits per heavy atom. The van der Waals surface area contributed by atoms with Gasteiger partial charge in [-0.25, -0.2) is 9.78 Å². The van der Waals surface area contributed by atoms with E-state index in [9.17, 15) is 9.59 Å². The summed E-state index contributed by atoms with van der Waals surface area (Å²) in [6, 6.07) is 17.8. The first-order valence-electron chi connectivity index (χ1n) is 12.3. The minimum absolute atomic E-state index is 0.00875. The number of nitrogens with zero attached hydrogens (tertiary/aromatic N) is 2. The number of thiazole rings is 1. The largest absolute Gasteiger partial charge is 0.490 e. The van der Waals surface area contributed by atoms with Crippen LogP contribution in [0.5, 0.6) is 5.75 Å². The zero-order valence-electron chi connectivity index (χ0n) is 21.0. The first-order chi connectivity index (χ1) is 17.3. The summed E-state index contributed by atoms with van der Waals surface area (Å²) >= 11 is 1.35. The third kappa shape index (κ3) is 7.07. The molecule has 0 unspecified atom stereocenters. The fraction of sp³-hybridized carbons (Fsp3) is 0.393. The number of para-hydroxylation sites is 1. The number of likely N-dealkylation sites (tertiary alicyclic amines) is 1. The summed E-state index contributed by atoms with van der Waals surface area (Å²) in [5, 5.41) is 3.72. The number of aromatic nitrogens is 1. The van der Waals surface area contributed by atoms with Crippen LogP contribution in [-0.2, 0) is 11.2 Å². The minimum atomic E-state index is -0.505. The summed E-state index contributed by atoms with van der Waals surface area (Å²) in [7, 11) is 0. The molecule has 1 aromatic heterocycles. The van der Waals surface area contributed by atoms with E-state index in [-0.39, 0.29) is 18.1 Å². The molecule has 2 amide bonds. The SMILES string of the molecule is CC(C)(C)OC(=O)N1CCC(Oc2ccccc2-c2ncc(C(=O)NCCc3ccccc3)s2)CC1. The number of amides is 2. The molecule has 7 nitrogen and oxygen atoms in total. The molecule has 190 valence electrons. The van der Waals surface area contributed by atoms with Gasteiger partial charge in [0.2, 0.25) is 0 Å². The lowest BCUT2D eigenvalue weighted by Gasteiger charge is -2.33. The van der Waals surface area contributed by atoms with Crippen LogP contribution in [0.3, 0.4) is 0 Å². The number of benzene rings is 2. The normalized spacial score (nSPS) is 14.4. The summed E-state index contributed by atoms with van der Waals surface area (Å²) in [5.41, 5.74) is 1.54. The summed E-state index contributed by atoms with van der Waals surface area (Å²) in [5.74, 6) is 0.612. The van der Waals surface area contributed by atoms with Crippen molar-refractivity contribution in [1.29, 1.82) is 0 Å². The molecule has 2 aromatic carbocycles. The molecular formula is C28H33N3O4S. The molecule has 0 bridgehead atoms. The van der Waals surface area contributed by atoms with Gasteiger partial charge in [0.1, 0.15) is 27.3 Å². The average molecular weight is 508 g/mol. The van der Waals surface area contributed by atoms with E-state index in [0.29, 0.717) is 24.5 Å². The van der Waals surface area contributed by atoms with Gasteiger partial charge in [0.05, 0.1) is 11.8 Å². The molecule has 1 N–H and O–H groups in total. The molecule has 0 radical (unpaired) electrons. The van der Waals surface area contributed by atoms with Crippen molar-refractivity contribution >= 4 is 23.3 Å². The molecule has 1 saturated heterocycles. The third-order valence-corrected chi connectivity index (χ3v) is 6.81. The van der Waals surface area contributed by atoms with Gasteiger partial charge in [-0.2, -0.15) is 0 Å². The number of nitrogens with one attached hydrogen (secondary N) is 1. The monoisotopic (exact) mass is 507 g/mol. The summed E-state index contributed by atoms with van der Waals surface area (Å²) < 4.78 is 11.8. The van der Waals surface area contributed by atoms with Gasteiger partial charge in [-0.15, -0.1) is 11.3 Å². The highest BCUT2D eigenvalue weighted by Crippen LogP contribution is 2.34. The molecule has 8 heteroatoms. The van der Waals surface area contributed by atoms with Crippen LogP contribution in [0.4, 0.5) is 4.79 Å². The van der Waals surface area contributed by atoms with Crippen LogP contribution in [0.1, 0.15) is 48.8 Å². The van der Waals surface area contributed by atoms with E-state index in [0.717, 1.165) is 35.6 Å². The van der Waals surface area contributed by atoms with E-state index in [2.05, 4.69) is 22.4 Å². The second-order valence-corrected chi connectivity index (χ2v) is 10.8. The van der Waals surface area contributed by atoms with Crippen molar-refractivity contribution < 1.29 is 19.1 Å². The van der Waals surface area contributed by atoms with Crippen molar-refractivity contribution in [2.75, 3.05) is 19.6 Å². The van der Waals surface area contributed by atoms with Crippen molar-refractivity contribution in [3.8, 4) is 16.3 Å². The van der Waals surface area contributed by atoms with Crippen LogP contribution in [0, 0.1) is 0 Å². The quantitative estimate of drug-likeness (QED) is 0.453. The van der Waals surface area contributed by atoms with Crippen LogP contribution < -0.4 is 10.1 Å². The maximum absolute atomic E-state index is 12.6. The third-order valence-electron chi connectivity index (χ3n) is 5.78. The van der Waals surface area contributed by atoms with Crippen LogP contribution in [0.15, 0.2) is 60.8 Å². The minimum Gasteiger partial charge on any atom is -0.490 e. The lowest BCUT2D eigenvalue weighted by molar-refractivity contribution is 0.0127. The Morgan fingerprint density at radius 2 is 1.75 bits per heavy atom. The summed E-state index contributed by atoms with van der Waals surface area (Å²) in [6.07, 6.45) is 3.56. The van der Waals surface area contributed by atoms with Crippen molar-refractivity contribution in [3.63, 3.8) is 0 Å². The van der Waals surface area contributed by atoms with E-state index in [1.165, 1.54) is 16.9 Å². The molecule has 1 fully saturated rings. The lowest BCUT2D eigenvalue weighted by atomic mass is 10.1. The van der Waals surface area contributed by atoms with E-state index in [1.807, 2.05) is 63.2 Å².